The maximum atomic E-state index is 12.2. The molecule has 0 aliphatic carbocycles. The number of benzene rings is 2. The van der Waals surface area contributed by atoms with Gasteiger partial charge in [0.25, 0.3) is 5.69 Å². The van der Waals surface area contributed by atoms with E-state index in [1.54, 1.807) is 39.3 Å². The number of hydrogen-bond donors (Lipinski definition) is 1. The molecule has 0 radical (unpaired) electrons. The van der Waals surface area contributed by atoms with Crippen molar-refractivity contribution in [1.82, 2.24) is 0 Å². The summed E-state index contributed by atoms with van der Waals surface area (Å²) in [6, 6.07) is 8.22. The first kappa shape index (κ1) is 19.7. The number of carbonyl (C=O) groups is 1. The zero-order chi connectivity index (χ0) is 19.3. The van der Waals surface area contributed by atoms with E-state index in [1.807, 2.05) is 6.07 Å². The van der Waals surface area contributed by atoms with Crippen molar-refractivity contribution in [2.45, 2.75) is 19.8 Å². The van der Waals surface area contributed by atoms with Crippen molar-refractivity contribution in [1.29, 1.82) is 0 Å². The fraction of sp³-hybridized carbons (Fsp3) is 0.278. The third-order valence-electron chi connectivity index (χ3n) is 3.86. The Morgan fingerprint density at radius 2 is 1.85 bits per heavy atom. The number of aryl methyl sites for hydroxylation is 2. The number of hydrogen-bond acceptors (Lipinski definition) is 5. The number of methoxy groups -OCH3 is 2. The van der Waals surface area contributed by atoms with Gasteiger partial charge in [0, 0.05) is 28.2 Å². The quantitative estimate of drug-likeness (QED) is 0.531. The molecule has 0 saturated heterocycles. The highest BCUT2D eigenvalue weighted by Crippen LogP contribution is 2.33. The van der Waals surface area contributed by atoms with Crippen LogP contribution in [0.1, 0.15) is 17.5 Å². The SMILES string of the molecule is COc1cc(Br)c(CCC(=O)Nc2ccc(C)c([N+](=O)[O-])c2)cc1OC. The van der Waals surface area contributed by atoms with E-state index < -0.39 is 4.92 Å². The summed E-state index contributed by atoms with van der Waals surface area (Å²) in [5.41, 5.74) is 1.82. The van der Waals surface area contributed by atoms with Crippen LogP contribution in [0, 0.1) is 17.0 Å². The Morgan fingerprint density at radius 3 is 2.46 bits per heavy atom. The standard InChI is InChI=1S/C18H19BrN2O5/c1-11-4-6-13(9-15(11)21(23)24)20-18(22)7-5-12-8-16(25-2)17(26-3)10-14(12)19/h4,6,8-10H,5,7H2,1-3H3,(H,20,22). The maximum absolute atomic E-state index is 12.2. The molecular weight excluding hydrogens is 404 g/mol. The number of nitrogens with one attached hydrogen (secondary N) is 1. The van der Waals surface area contributed by atoms with Gasteiger partial charge in [0.1, 0.15) is 0 Å². The molecule has 0 unspecified atom stereocenters. The first-order chi connectivity index (χ1) is 12.3. The summed E-state index contributed by atoms with van der Waals surface area (Å²) < 4.78 is 11.3. The lowest BCUT2D eigenvalue weighted by atomic mass is 10.1. The van der Waals surface area contributed by atoms with Crippen LogP contribution < -0.4 is 14.8 Å². The van der Waals surface area contributed by atoms with Gasteiger partial charge in [-0.25, -0.2) is 0 Å². The van der Waals surface area contributed by atoms with Crippen LogP contribution in [-0.2, 0) is 11.2 Å². The number of nitro benzene ring substituents is 1. The summed E-state index contributed by atoms with van der Waals surface area (Å²) in [5, 5.41) is 13.7. The molecule has 0 fully saturated rings. The van der Waals surface area contributed by atoms with Crippen LogP contribution in [0.2, 0.25) is 0 Å². The van der Waals surface area contributed by atoms with Crippen molar-refractivity contribution >= 4 is 33.2 Å². The molecule has 0 spiro atoms. The Balaban J connectivity index is 2.05. The molecule has 1 amide bonds. The number of rotatable bonds is 7. The fourth-order valence-electron chi connectivity index (χ4n) is 2.44. The Bertz CT molecular complexity index is 839. The van der Waals surface area contributed by atoms with Crippen LogP contribution >= 0.6 is 15.9 Å². The second-order valence-electron chi connectivity index (χ2n) is 5.61. The van der Waals surface area contributed by atoms with E-state index in [2.05, 4.69) is 21.2 Å². The van der Waals surface area contributed by atoms with Crippen molar-refractivity contribution in [3.63, 3.8) is 0 Å². The highest BCUT2D eigenvalue weighted by atomic mass is 79.9. The summed E-state index contributed by atoms with van der Waals surface area (Å²) in [6.07, 6.45) is 0.691. The molecule has 8 heteroatoms. The zero-order valence-corrected chi connectivity index (χ0v) is 16.3. The molecule has 0 atom stereocenters. The minimum Gasteiger partial charge on any atom is -0.493 e. The number of amides is 1. The zero-order valence-electron chi connectivity index (χ0n) is 14.7. The third kappa shape index (κ3) is 4.72. The summed E-state index contributed by atoms with van der Waals surface area (Å²) in [4.78, 5) is 22.7. The van der Waals surface area contributed by atoms with Crippen molar-refractivity contribution < 1.29 is 19.2 Å². The van der Waals surface area contributed by atoms with Gasteiger partial charge < -0.3 is 14.8 Å². The van der Waals surface area contributed by atoms with Crippen molar-refractivity contribution in [3.05, 3.63) is 56.0 Å². The first-order valence-corrected chi connectivity index (χ1v) is 8.60. The van der Waals surface area contributed by atoms with E-state index in [0.717, 1.165) is 10.0 Å². The molecule has 2 aromatic carbocycles. The van der Waals surface area contributed by atoms with Gasteiger partial charge in [-0.15, -0.1) is 0 Å². The third-order valence-corrected chi connectivity index (χ3v) is 4.60. The van der Waals surface area contributed by atoms with E-state index in [1.165, 1.54) is 6.07 Å². The molecule has 7 nitrogen and oxygen atoms in total. The second kappa shape index (κ2) is 8.66. The fourth-order valence-corrected chi connectivity index (χ4v) is 2.96. The summed E-state index contributed by atoms with van der Waals surface area (Å²) in [7, 11) is 3.10. The van der Waals surface area contributed by atoms with Crippen LogP contribution in [-0.4, -0.2) is 25.1 Å². The van der Waals surface area contributed by atoms with Crippen molar-refractivity contribution in [2.24, 2.45) is 0 Å². The minimum absolute atomic E-state index is 0.0227. The van der Waals surface area contributed by atoms with Crippen LogP contribution in [0.4, 0.5) is 11.4 Å². The second-order valence-corrected chi connectivity index (χ2v) is 6.46. The molecule has 2 rings (SSSR count). The maximum Gasteiger partial charge on any atom is 0.274 e. The first-order valence-electron chi connectivity index (χ1n) is 7.81. The number of anilines is 1. The number of nitro groups is 1. The van der Waals surface area contributed by atoms with Gasteiger partial charge in [0.05, 0.1) is 19.1 Å². The highest BCUT2D eigenvalue weighted by molar-refractivity contribution is 9.10. The van der Waals surface area contributed by atoms with Crippen LogP contribution in [0.3, 0.4) is 0 Å². The number of carbonyl (C=O) groups excluding carboxylic acids is 1. The lowest BCUT2D eigenvalue weighted by Crippen LogP contribution is -2.12. The molecule has 0 aliphatic rings. The number of halogens is 1. The monoisotopic (exact) mass is 422 g/mol. The molecule has 2 aromatic rings. The van der Waals surface area contributed by atoms with Gasteiger partial charge in [-0.2, -0.15) is 0 Å². The van der Waals surface area contributed by atoms with Gasteiger partial charge in [-0.05, 0) is 37.1 Å². The Hall–Kier alpha value is -2.61. The summed E-state index contributed by atoms with van der Waals surface area (Å²) in [5.74, 6) is 0.949. The molecule has 26 heavy (non-hydrogen) atoms. The Morgan fingerprint density at radius 1 is 1.19 bits per heavy atom. The Labute approximate surface area is 159 Å². The average Bonchev–Trinajstić information content (AvgIpc) is 2.61. The van der Waals surface area contributed by atoms with E-state index in [-0.39, 0.29) is 18.0 Å². The van der Waals surface area contributed by atoms with Gasteiger partial charge in [-0.1, -0.05) is 22.0 Å². The Kier molecular flexibility index (Phi) is 6.57. The molecule has 0 aliphatic heterocycles. The molecule has 1 N–H and O–H groups in total. The molecular formula is C18H19BrN2O5. The lowest BCUT2D eigenvalue weighted by Gasteiger charge is -2.12. The topological polar surface area (TPSA) is 90.7 Å². The van der Waals surface area contributed by atoms with Gasteiger partial charge in [-0.3, -0.25) is 14.9 Å². The average molecular weight is 423 g/mol. The molecule has 0 saturated carbocycles. The molecule has 0 bridgehead atoms. The van der Waals surface area contributed by atoms with E-state index in [9.17, 15) is 14.9 Å². The number of nitrogens with zero attached hydrogens (tertiary/aromatic N) is 1. The largest absolute Gasteiger partial charge is 0.493 e. The predicted octanol–water partition coefficient (Wildman–Crippen LogP) is 4.25. The summed E-state index contributed by atoms with van der Waals surface area (Å²) >= 11 is 3.46. The van der Waals surface area contributed by atoms with Crippen molar-refractivity contribution in [3.8, 4) is 11.5 Å². The smallest absolute Gasteiger partial charge is 0.274 e. The van der Waals surface area contributed by atoms with Crippen LogP contribution in [0.5, 0.6) is 11.5 Å². The lowest BCUT2D eigenvalue weighted by molar-refractivity contribution is -0.385. The van der Waals surface area contributed by atoms with Gasteiger partial charge >= 0.3 is 0 Å². The summed E-state index contributed by atoms with van der Waals surface area (Å²) in [6.45, 7) is 1.65. The number of ether oxygens (including phenoxy) is 2. The van der Waals surface area contributed by atoms with Gasteiger partial charge in [0.15, 0.2) is 11.5 Å². The normalized spacial score (nSPS) is 10.3. The molecule has 138 valence electrons. The van der Waals surface area contributed by atoms with E-state index >= 15 is 0 Å². The molecule has 0 aromatic heterocycles. The minimum atomic E-state index is -0.467. The highest BCUT2D eigenvalue weighted by Gasteiger charge is 2.14. The van der Waals surface area contributed by atoms with Crippen LogP contribution in [0.25, 0.3) is 0 Å². The van der Waals surface area contributed by atoms with Crippen LogP contribution in [0.15, 0.2) is 34.8 Å². The van der Waals surface area contributed by atoms with E-state index in [4.69, 9.17) is 9.47 Å². The molecule has 0 heterocycles. The predicted molar refractivity (Wildman–Crippen MR) is 102 cm³/mol. The van der Waals surface area contributed by atoms with E-state index in [0.29, 0.717) is 29.2 Å². The van der Waals surface area contributed by atoms with Gasteiger partial charge in [0.2, 0.25) is 5.91 Å². The van der Waals surface area contributed by atoms with Crippen molar-refractivity contribution in [2.75, 3.05) is 19.5 Å².